The average Bonchev–Trinajstić information content (AvgIpc) is 3.07. The Morgan fingerprint density at radius 1 is 1.05 bits per heavy atom. The molecule has 0 aromatic carbocycles. The second-order valence-electron chi connectivity index (χ2n) is 6.94. The Morgan fingerprint density at radius 3 is 2.68 bits per heavy atom. The van der Waals surface area contributed by atoms with Crippen LogP contribution < -0.4 is 0 Å². The minimum absolute atomic E-state index is 0.254. The molecule has 0 bridgehead atoms. The summed E-state index contributed by atoms with van der Waals surface area (Å²) in [7, 11) is 0. The lowest BCUT2D eigenvalue weighted by Gasteiger charge is -2.35. The summed E-state index contributed by atoms with van der Waals surface area (Å²) in [6, 6.07) is 0. The number of morpholine rings is 1. The van der Waals surface area contributed by atoms with Gasteiger partial charge in [0.25, 0.3) is 0 Å². The summed E-state index contributed by atoms with van der Waals surface area (Å²) in [5.41, 5.74) is 0. The summed E-state index contributed by atoms with van der Waals surface area (Å²) >= 11 is 0. The molecule has 2 heterocycles. The van der Waals surface area contributed by atoms with E-state index in [1.54, 1.807) is 0 Å². The van der Waals surface area contributed by atoms with Gasteiger partial charge in [-0.05, 0) is 18.8 Å². The van der Waals surface area contributed by atoms with Crippen molar-refractivity contribution in [2.75, 3.05) is 39.4 Å². The van der Waals surface area contributed by atoms with Crippen molar-refractivity contribution in [2.24, 2.45) is 5.92 Å². The van der Waals surface area contributed by atoms with Crippen LogP contribution in [0.25, 0.3) is 0 Å². The van der Waals surface area contributed by atoms with E-state index in [1.807, 2.05) is 9.96 Å². The second kappa shape index (κ2) is 8.27. The zero-order valence-corrected chi connectivity index (χ0v) is 13.7. The van der Waals surface area contributed by atoms with Crippen LogP contribution in [0.1, 0.15) is 51.4 Å². The molecule has 2 saturated heterocycles. The van der Waals surface area contributed by atoms with Crippen LogP contribution in [0.5, 0.6) is 0 Å². The third-order valence-corrected chi connectivity index (χ3v) is 5.21. The Balaban J connectivity index is 1.39. The lowest BCUT2D eigenvalue weighted by Crippen LogP contribution is -2.46. The zero-order chi connectivity index (χ0) is 15.2. The smallest absolute Gasteiger partial charge is 0.224 e. The molecule has 1 saturated carbocycles. The van der Waals surface area contributed by atoms with Gasteiger partial charge in [0.2, 0.25) is 5.91 Å². The van der Waals surface area contributed by atoms with Crippen molar-refractivity contribution >= 4 is 5.91 Å². The number of nitrogens with zero attached hydrogens (tertiary/aromatic N) is 2. The van der Waals surface area contributed by atoms with E-state index in [1.165, 1.54) is 32.1 Å². The van der Waals surface area contributed by atoms with E-state index in [9.17, 15) is 4.79 Å². The first-order valence-electron chi connectivity index (χ1n) is 9.08. The van der Waals surface area contributed by atoms with Gasteiger partial charge in [-0.1, -0.05) is 32.1 Å². The monoisotopic (exact) mass is 310 g/mol. The maximum atomic E-state index is 12.4. The van der Waals surface area contributed by atoms with E-state index < -0.39 is 0 Å². The van der Waals surface area contributed by atoms with Crippen LogP contribution in [-0.4, -0.2) is 61.4 Å². The standard InChI is InChI=1S/C17H30N2O3/c20-17(7-9-19-8-4-11-22-19)18-10-12-21-16(14-18)13-15-5-2-1-3-6-15/h15-16H,1-14H2/t16-/m0/s1. The van der Waals surface area contributed by atoms with E-state index >= 15 is 0 Å². The van der Waals surface area contributed by atoms with Gasteiger partial charge in [-0.3, -0.25) is 9.63 Å². The molecule has 0 spiro atoms. The normalized spacial score (nSPS) is 28.2. The van der Waals surface area contributed by atoms with Gasteiger partial charge in [-0.25, -0.2) is 0 Å². The first-order valence-corrected chi connectivity index (χ1v) is 9.08. The van der Waals surface area contributed by atoms with Gasteiger partial charge < -0.3 is 9.64 Å². The Morgan fingerprint density at radius 2 is 1.91 bits per heavy atom. The molecular weight excluding hydrogens is 280 g/mol. The highest BCUT2D eigenvalue weighted by molar-refractivity contribution is 5.76. The highest BCUT2D eigenvalue weighted by atomic mass is 16.7. The third kappa shape index (κ3) is 4.67. The number of hydrogen-bond donors (Lipinski definition) is 0. The summed E-state index contributed by atoms with van der Waals surface area (Å²) in [6.45, 7) is 4.72. The number of hydroxylamine groups is 2. The van der Waals surface area contributed by atoms with Crippen LogP contribution in [0.4, 0.5) is 0 Å². The number of ether oxygens (including phenoxy) is 1. The van der Waals surface area contributed by atoms with Gasteiger partial charge in [0.15, 0.2) is 0 Å². The van der Waals surface area contributed by atoms with Crippen molar-refractivity contribution in [1.29, 1.82) is 0 Å². The lowest BCUT2D eigenvalue weighted by molar-refractivity contribution is -0.145. The van der Waals surface area contributed by atoms with Crippen molar-refractivity contribution in [3.05, 3.63) is 0 Å². The highest BCUT2D eigenvalue weighted by Crippen LogP contribution is 2.29. The molecule has 0 unspecified atom stereocenters. The first-order chi connectivity index (χ1) is 10.8. The molecule has 0 N–H and O–H groups in total. The Kier molecular flexibility index (Phi) is 6.10. The van der Waals surface area contributed by atoms with E-state index in [0.29, 0.717) is 13.0 Å². The van der Waals surface area contributed by atoms with Crippen LogP contribution in [0.15, 0.2) is 0 Å². The van der Waals surface area contributed by atoms with Crippen molar-refractivity contribution in [2.45, 2.75) is 57.5 Å². The van der Waals surface area contributed by atoms with E-state index in [0.717, 1.165) is 51.5 Å². The quantitative estimate of drug-likeness (QED) is 0.781. The van der Waals surface area contributed by atoms with E-state index in [4.69, 9.17) is 9.57 Å². The van der Waals surface area contributed by atoms with Crippen molar-refractivity contribution in [3.8, 4) is 0 Å². The van der Waals surface area contributed by atoms with Gasteiger partial charge in [-0.2, -0.15) is 5.06 Å². The van der Waals surface area contributed by atoms with Gasteiger partial charge in [-0.15, -0.1) is 0 Å². The minimum Gasteiger partial charge on any atom is -0.375 e. The zero-order valence-electron chi connectivity index (χ0n) is 13.7. The molecular formula is C17H30N2O3. The molecule has 0 aromatic heterocycles. The number of carbonyl (C=O) groups is 1. The molecule has 2 aliphatic heterocycles. The molecule has 0 aromatic rings. The molecule has 1 amide bonds. The number of carbonyl (C=O) groups excluding carboxylic acids is 1. The molecule has 0 radical (unpaired) electrons. The average molecular weight is 310 g/mol. The molecule has 126 valence electrons. The fourth-order valence-electron chi connectivity index (χ4n) is 3.94. The van der Waals surface area contributed by atoms with E-state index in [-0.39, 0.29) is 12.0 Å². The van der Waals surface area contributed by atoms with Gasteiger partial charge >= 0.3 is 0 Å². The molecule has 5 nitrogen and oxygen atoms in total. The van der Waals surface area contributed by atoms with Crippen molar-refractivity contribution in [3.63, 3.8) is 0 Å². The van der Waals surface area contributed by atoms with Crippen LogP contribution in [0, 0.1) is 5.92 Å². The fraction of sp³-hybridized carbons (Fsp3) is 0.941. The number of rotatable bonds is 5. The largest absolute Gasteiger partial charge is 0.375 e. The maximum absolute atomic E-state index is 12.4. The SMILES string of the molecule is O=C(CCN1CCCO1)N1CCO[C@@H](CC2CCCCC2)C1. The first kappa shape index (κ1) is 16.2. The molecule has 3 fully saturated rings. The van der Waals surface area contributed by atoms with E-state index in [2.05, 4.69) is 0 Å². The van der Waals surface area contributed by atoms with Crippen LogP contribution in [0.2, 0.25) is 0 Å². The predicted molar refractivity (Wildman–Crippen MR) is 84.3 cm³/mol. The summed E-state index contributed by atoms with van der Waals surface area (Å²) in [5.74, 6) is 1.07. The van der Waals surface area contributed by atoms with Gasteiger partial charge in [0, 0.05) is 32.6 Å². The van der Waals surface area contributed by atoms with Crippen LogP contribution in [0.3, 0.4) is 0 Å². The molecule has 3 rings (SSSR count). The van der Waals surface area contributed by atoms with Crippen LogP contribution >= 0.6 is 0 Å². The summed E-state index contributed by atoms with van der Waals surface area (Å²) < 4.78 is 5.91. The third-order valence-electron chi connectivity index (χ3n) is 5.21. The molecule has 1 atom stereocenters. The number of amides is 1. The van der Waals surface area contributed by atoms with Gasteiger partial charge in [0.05, 0.1) is 19.3 Å². The second-order valence-corrected chi connectivity index (χ2v) is 6.94. The highest BCUT2D eigenvalue weighted by Gasteiger charge is 2.27. The minimum atomic E-state index is 0.254. The summed E-state index contributed by atoms with van der Waals surface area (Å²) in [4.78, 5) is 19.8. The number of hydrogen-bond acceptors (Lipinski definition) is 4. The molecule has 5 heteroatoms. The Labute approximate surface area is 133 Å². The van der Waals surface area contributed by atoms with Crippen molar-refractivity contribution in [1.82, 2.24) is 9.96 Å². The maximum Gasteiger partial charge on any atom is 0.224 e. The molecule has 22 heavy (non-hydrogen) atoms. The fourth-order valence-corrected chi connectivity index (χ4v) is 3.94. The topological polar surface area (TPSA) is 42.0 Å². The Hall–Kier alpha value is -0.650. The molecule has 1 aliphatic carbocycles. The Bertz CT molecular complexity index is 352. The summed E-state index contributed by atoms with van der Waals surface area (Å²) in [5, 5.41) is 1.93. The lowest BCUT2D eigenvalue weighted by atomic mass is 9.85. The molecule has 3 aliphatic rings. The predicted octanol–water partition coefficient (Wildman–Crippen LogP) is 2.21. The van der Waals surface area contributed by atoms with Crippen LogP contribution in [-0.2, 0) is 14.4 Å². The van der Waals surface area contributed by atoms with Gasteiger partial charge in [0.1, 0.15) is 0 Å². The van der Waals surface area contributed by atoms with Crippen molar-refractivity contribution < 1.29 is 14.4 Å². The summed E-state index contributed by atoms with van der Waals surface area (Å²) in [6.07, 6.45) is 9.87.